The number of aliphatic imine (C=N–C) groups is 1. The number of anilines is 1. The van der Waals surface area contributed by atoms with Crippen LogP contribution in [0.3, 0.4) is 0 Å². The number of nitrogens with zero attached hydrogens (tertiary/aromatic N) is 2. The average molecular weight is 486 g/mol. The zero-order valence-corrected chi connectivity index (χ0v) is 18.2. The molecular formula is C24H21F3N4O4. The van der Waals surface area contributed by atoms with E-state index in [9.17, 15) is 22.8 Å². The summed E-state index contributed by atoms with van der Waals surface area (Å²) in [5, 5.41) is 11.7. The summed E-state index contributed by atoms with van der Waals surface area (Å²) in [5.41, 5.74) is 5.91. The second kappa shape index (κ2) is 9.61. The van der Waals surface area contributed by atoms with Gasteiger partial charge < -0.3 is 20.9 Å². The molecule has 2 aliphatic heterocycles. The first-order valence-electron chi connectivity index (χ1n) is 10.7. The number of nitrogens with one attached hydrogen (secondary N) is 1. The summed E-state index contributed by atoms with van der Waals surface area (Å²) in [6.07, 6.45) is 5.31. The molecule has 1 amide bonds. The number of aromatic nitrogens is 1. The number of halogens is 3. The number of hydrogen-bond donors (Lipinski definition) is 3. The first-order chi connectivity index (χ1) is 16.6. The minimum atomic E-state index is -4.66. The Labute approximate surface area is 198 Å². The molecule has 1 aliphatic carbocycles. The SMILES string of the molecule is Nc1ccc(C=CC(=O)NCC2=CC3CC(C4=CCC(C(=O)O)C=N4)=CC(C(F)(F)F)=C3O2)cn1. The standard InChI is InChI=1S/C24H21F3N4O4/c25-24(26,27)18-9-15(19-4-3-14(11-29-19)23(33)34)7-16-8-17(35-22(16)18)12-31-21(32)6-2-13-1-5-20(28)30-10-13/h1-2,4-6,8-11,14,16H,3,7,12H2,(H2,28,30)(H,31,32)(H,33,34). The maximum Gasteiger partial charge on any atom is 0.419 e. The molecule has 0 aromatic carbocycles. The van der Waals surface area contributed by atoms with Crippen LogP contribution in [0.15, 0.2) is 76.0 Å². The van der Waals surface area contributed by atoms with Crippen molar-refractivity contribution < 1.29 is 32.6 Å². The lowest BCUT2D eigenvalue weighted by molar-refractivity contribution is -0.139. The third kappa shape index (κ3) is 5.68. The first kappa shape index (κ1) is 24.0. The molecule has 11 heteroatoms. The van der Waals surface area contributed by atoms with Gasteiger partial charge in [0.15, 0.2) is 0 Å². The highest BCUT2D eigenvalue weighted by molar-refractivity contribution is 5.92. The molecule has 3 aliphatic rings. The van der Waals surface area contributed by atoms with Gasteiger partial charge in [0.25, 0.3) is 0 Å². The predicted molar refractivity (Wildman–Crippen MR) is 121 cm³/mol. The summed E-state index contributed by atoms with van der Waals surface area (Å²) >= 11 is 0. The topological polar surface area (TPSA) is 127 Å². The van der Waals surface area contributed by atoms with E-state index >= 15 is 0 Å². The molecule has 1 aromatic heterocycles. The number of nitrogens with two attached hydrogens (primary N) is 1. The van der Waals surface area contributed by atoms with Crippen molar-refractivity contribution in [1.29, 1.82) is 0 Å². The highest BCUT2D eigenvalue weighted by Gasteiger charge is 2.43. The number of carboxylic acids is 1. The molecule has 0 bridgehead atoms. The van der Waals surface area contributed by atoms with E-state index in [1.165, 1.54) is 30.6 Å². The number of ether oxygens (including phenoxy) is 1. The number of carbonyl (C=O) groups is 2. The quantitative estimate of drug-likeness (QED) is 0.528. The van der Waals surface area contributed by atoms with Crippen molar-refractivity contribution in [2.45, 2.75) is 19.0 Å². The smallest absolute Gasteiger partial charge is 0.419 e. The minimum absolute atomic E-state index is 0.0925. The van der Waals surface area contributed by atoms with E-state index in [0.29, 0.717) is 22.7 Å². The Morgan fingerprint density at radius 1 is 1.31 bits per heavy atom. The Kier molecular flexibility index (Phi) is 6.59. The molecule has 182 valence electrons. The summed E-state index contributed by atoms with van der Waals surface area (Å²) in [7, 11) is 0. The number of aliphatic carboxylic acids is 1. The Hall–Kier alpha value is -4.15. The van der Waals surface area contributed by atoms with Crippen molar-refractivity contribution >= 4 is 30.0 Å². The van der Waals surface area contributed by atoms with Crippen molar-refractivity contribution in [2.24, 2.45) is 16.8 Å². The van der Waals surface area contributed by atoms with Crippen LogP contribution in [0.2, 0.25) is 0 Å². The van der Waals surface area contributed by atoms with Gasteiger partial charge in [0.1, 0.15) is 17.3 Å². The van der Waals surface area contributed by atoms with Gasteiger partial charge in [0, 0.05) is 24.4 Å². The number of alkyl halides is 3. The van der Waals surface area contributed by atoms with Gasteiger partial charge >= 0.3 is 12.1 Å². The van der Waals surface area contributed by atoms with Crippen molar-refractivity contribution in [1.82, 2.24) is 10.3 Å². The monoisotopic (exact) mass is 486 g/mol. The van der Waals surface area contributed by atoms with Crippen LogP contribution in [0.5, 0.6) is 0 Å². The van der Waals surface area contributed by atoms with Gasteiger partial charge in [-0.2, -0.15) is 13.2 Å². The molecule has 0 spiro atoms. The maximum absolute atomic E-state index is 13.8. The van der Waals surface area contributed by atoms with Crippen molar-refractivity contribution in [3.8, 4) is 0 Å². The van der Waals surface area contributed by atoms with Crippen LogP contribution in [0, 0.1) is 11.8 Å². The van der Waals surface area contributed by atoms with Gasteiger partial charge in [0.2, 0.25) is 5.91 Å². The lowest BCUT2D eigenvalue weighted by atomic mass is 9.86. The maximum atomic E-state index is 13.8. The Balaban J connectivity index is 1.44. The summed E-state index contributed by atoms with van der Waals surface area (Å²) in [4.78, 5) is 31.2. The summed E-state index contributed by atoms with van der Waals surface area (Å²) in [5.74, 6) is -2.66. The molecule has 2 unspecified atom stereocenters. The van der Waals surface area contributed by atoms with E-state index in [4.69, 9.17) is 15.6 Å². The summed E-state index contributed by atoms with van der Waals surface area (Å²) < 4.78 is 46.8. The zero-order valence-electron chi connectivity index (χ0n) is 18.2. The number of rotatable bonds is 6. The first-order valence-corrected chi connectivity index (χ1v) is 10.7. The molecule has 35 heavy (non-hydrogen) atoms. The fraction of sp³-hybridized carbons (Fsp3) is 0.250. The van der Waals surface area contributed by atoms with Gasteiger partial charge in [-0.3, -0.25) is 14.6 Å². The highest BCUT2D eigenvalue weighted by Crippen LogP contribution is 2.45. The van der Waals surface area contributed by atoms with Crippen molar-refractivity contribution in [3.63, 3.8) is 0 Å². The lowest BCUT2D eigenvalue weighted by Crippen LogP contribution is -2.24. The number of carboxylic acid groups (broad SMARTS) is 1. The predicted octanol–water partition coefficient (Wildman–Crippen LogP) is 3.53. The largest absolute Gasteiger partial charge is 0.481 e. The molecule has 1 aromatic rings. The zero-order chi connectivity index (χ0) is 25.2. The number of hydrogen-bond acceptors (Lipinski definition) is 6. The Morgan fingerprint density at radius 2 is 2.11 bits per heavy atom. The minimum Gasteiger partial charge on any atom is -0.481 e. The van der Waals surface area contributed by atoms with Gasteiger partial charge in [-0.1, -0.05) is 6.08 Å². The second-order valence-corrected chi connectivity index (χ2v) is 8.11. The number of pyridine rings is 1. The van der Waals surface area contributed by atoms with Crippen LogP contribution < -0.4 is 11.1 Å². The van der Waals surface area contributed by atoms with E-state index in [1.54, 1.807) is 18.2 Å². The van der Waals surface area contributed by atoms with Crippen LogP contribution in [0.25, 0.3) is 6.08 Å². The molecule has 0 saturated carbocycles. The Bertz CT molecular complexity index is 1220. The fourth-order valence-corrected chi connectivity index (χ4v) is 3.82. The molecule has 8 nitrogen and oxygen atoms in total. The van der Waals surface area contributed by atoms with E-state index < -0.39 is 35.5 Å². The van der Waals surface area contributed by atoms with Gasteiger partial charge in [-0.15, -0.1) is 0 Å². The third-order valence-corrected chi connectivity index (χ3v) is 5.57. The van der Waals surface area contributed by atoms with Crippen LogP contribution in [-0.2, 0) is 14.3 Å². The lowest BCUT2D eigenvalue weighted by Gasteiger charge is -2.24. The van der Waals surface area contributed by atoms with Crippen LogP contribution >= 0.6 is 0 Å². The second-order valence-electron chi connectivity index (χ2n) is 8.11. The van der Waals surface area contributed by atoms with Crippen molar-refractivity contribution in [3.05, 3.63) is 76.6 Å². The molecule has 4 N–H and O–H groups in total. The normalized spacial score (nSPS) is 21.7. The Morgan fingerprint density at radius 3 is 2.74 bits per heavy atom. The molecule has 4 rings (SSSR count). The molecule has 2 atom stereocenters. The molecule has 0 saturated heterocycles. The molecule has 0 radical (unpaired) electrons. The summed E-state index contributed by atoms with van der Waals surface area (Å²) in [6, 6.07) is 3.27. The fourth-order valence-electron chi connectivity index (χ4n) is 3.82. The van der Waals surface area contributed by atoms with E-state index in [2.05, 4.69) is 15.3 Å². The van der Waals surface area contributed by atoms with Gasteiger partial charge in [0.05, 0.1) is 23.7 Å². The number of carbonyl (C=O) groups excluding carboxylic acids is 1. The number of nitrogen functional groups attached to an aromatic ring is 1. The highest BCUT2D eigenvalue weighted by atomic mass is 19.4. The summed E-state index contributed by atoms with van der Waals surface area (Å²) in [6.45, 7) is -0.0925. The number of fused-ring (bicyclic) bond motifs is 1. The third-order valence-electron chi connectivity index (χ3n) is 5.57. The van der Waals surface area contributed by atoms with Crippen molar-refractivity contribution in [2.75, 3.05) is 12.3 Å². The van der Waals surface area contributed by atoms with E-state index in [1.807, 2.05) is 0 Å². The molecule has 0 fully saturated rings. The molecule has 3 heterocycles. The van der Waals surface area contributed by atoms with Gasteiger partial charge in [-0.05, 0) is 54.3 Å². The number of allylic oxidation sites excluding steroid dienone is 5. The number of amides is 1. The van der Waals surface area contributed by atoms with Gasteiger partial charge in [-0.25, -0.2) is 4.98 Å². The van der Waals surface area contributed by atoms with E-state index in [0.717, 1.165) is 6.08 Å². The molecular weight excluding hydrogens is 465 g/mol. The van der Waals surface area contributed by atoms with E-state index in [-0.39, 0.29) is 30.9 Å². The van der Waals surface area contributed by atoms with Crippen LogP contribution in [0.4, 0.5) is 19.0 Å². The van der Waals surface area contributed by atoms with Crippen LogP contribution in [0.1, 0.15) is 18.4 Å². The van der Waals surface area contributed by atoms with Crippen LogP contribution in [-0.4, -0.2) is 40.9 Å². The average Bonchev–Trinajstić information content (AvgIpc) is 3.24.